The van der Waals surface area contributed by atoms with E-state index in [1.807, 2.05) is 0 Å². The van der Waals surface area contributed by atoms with Crippen LogP contribution in [-0.4, -0.2) is 21.3 Å². The molecule has 4 heteroatoms. The normalized spacial score (nSPS) is 10.2. The molecular formula is C11H14O4. The molecule has 1 aromatic rings. The van der Waals surface area contributed by atoms with Gasteiger partial charge >= 0.3 is 5.97 Å². The minimum atomic E-state index is -0.856. The first-order valence-corrected chi connectivity index (χ1v) is 4.74. The molecule has 0 saturated heterocycles. The van der Waals surface area contributed by atoms with Crippen LogP contribution >= 0.6 is 0 Å². The highest BCUT2D eigenvalue weighted by Crippen LogP contribution is 2.32. The number of carbonyl (C=O) groups is 1. The Hall–Kier alpha value is -1.71. The van der Waals surface area contributed by atoms with Gasteiger partial charge in [-0.1, -0.05) is 12.1 Å². The third-order valence-corrected chi connectivity index (χ3v) is 2.27. The number of rotatable bonds is 4. The lowest BCUT2D eigenvalue weighted by Gasteiger charge is -2.07. The van der Waals surface area contributed by atoms with Gasteiger partial charge in [0, 0.05) is 6.42 Å². The van der Waals surface area contributed by atoms with Crippen molar-refractivity contribution in [3.8, 4) is 11.5 Å². The Bertz CT molecular complexity index is 371. The largest absolute Gasteiger partial charge is 0.504 e. The maximum atomic E-state index is 10.3. The molecule has 15 heavy (non-hydrogen) atoms. The number of aromatic hydroxyl groups is 2. The van der Waals surface area contributed by atoms with Crippen molar-refractivity contribution in [2.75, 3.05) is 0 Å². The number of hydrogen-bond acceptors (Lipinski definition) is 3. The summed E-state index contributed by atoms with van der Waals surface area (Å²) >= 11 is 0. The Morgan fingerprint density at radius 2 is 1.93 bits per heavy atom. The lowest BCUT2D eigenvalue weighted by molar-refractivity contribution is -0.137. The van der Waals surface area contributed by atoms with Crippen molar-refractivity contribution in [1.29, 1.82) is 0 Å². The molecule has 0 aromatic heterocycles. The van der Waals surface area contributed by atoms with Gasteiger partial charge in [0.05, 0.1) is 0 Å². The van der Waals surface area contributed by atoms with Crippen LogP contribution in [0, 0.1) is 6.92 Å². The second kappa shape index (κ2) is 4.68. The van der Waals surface area contributed by atoms with Crippen LogP contribution in [0.2, 0.25) is 0 Å². The van der Waals surface area contributed by atoms with Gasteiger partial charge in [0.1, 0.15) is 0 Å². The summed E-state index contributed by atoms with van der Waals surface area (Å²) in [5.74, 6) is -1.12. The zero-order valence-electron chi connectivity index (χ0n) is 8.53. The van der Waals surface area contributed by atoms with Gasteiger partial charge in [-0.2, -0.15) is 0 Å². The van der Waals surface area contributed by atoms with Crippen molar-refractivity contribution in [3.05, 3.63) is 23.3 Å². The monoisotopic (exact) mass is 210 g/mol. The first-order valence-electron chi connectivity index (χ1n) is 4.74. The maximum Gasteiger partial charge on any atom is 0.303 e. The van der Waals surface area contributed by atoms with Crippen molar-refractivity contribution in [3.63, 3.8) is 0 Å². The molecule has 0 spiro atoms. The van der Waals surface area contributed by atoms with E-state index in [0.717, 1.165) is 0 Å². The molecule has 0 bridgehead atoms. The average Bonchev–Trinajstić information content (AvgIpc) is 2.18. The highest BCUT2D eigenvalue weighted by molar-refractivity contribution is 5.66. The number of phenols is 2. The zero-order valence-corrected chi connectivity index (χ0v) is 8.53. The molecule has 0 amide bonds. The Labute approximate surface area is 87.8 Å². The molecule has 0 aliphatic rings. The number of carboxylic acid groups (broad SMARTS) is 1. The molecule has 0 radical (unpaired) electrons. The SMILES string of the molecule is Cc1ccc(CCCC(=O)O)c(O)c1O. The van der Waals surface area contributed by atoms with Crippen molar-refractivity contribution in [2.24, 2.45) is 0 Å². The molecule has 82 valence electrons. The number of phenolic OH excluding ortho intramolecular Hbond substituents is 2. The van der Waals surface area contributed by atoms with Gasteiger partial charge in [-0.25, -0.2) is 0 Å². The summed E-state index contributed by atoms with van der Waals surface area (Å²) < 4.78 is 0. The van der Waals surface area contributed by atoms with Crippen LogP contribution in [0.5, 0.6) is 11.5 Å². The second-order valence-electron chi connectivity index (χ2n) is 3.49. The quantitative estimate of drug-likeness (QED) is 0.662. The summed E-state index contributed by atoms with van der Waals surface area (Å²) in [6.45, 7) is 1.69. The van der Waals surface area contributed by atoms with E-state index in [0.29, 0.717) is 24.0 Å². The van der Waals surface area contributed by atoms with Crippen LogP contribution < -0.4 is 0 Å². The molecule has 0 aliphatic carbocycles. The van der Waals surface area contributed by atoms with Gasteiger partial charge in [0.15, 0.2) is 11.5 Å². The summed E-state index contributed by atoms with van der Waals surface area (Å²) in [6, 6.07) is 3.40. The zero-order chi connectivity index (χ0) is 11.4. The van der Waals surface area contributed by atoms with Crippen LogP contribution in [0.1, 0.15) is 24.0 Å². The Balaban J connectivity index is 2.70. The first-order chi connectivity index (χ1) is 7.02. The van der Waals surface area contributed by atoms with Crippen LogP contribution in [-0.2, 0) is 11.2 Å². The smallest absolute Gasteiger partial charge is 0.303 e. The van der Waals surface area contributed by atoms with E-state index < -0.39 is 5.97 Å². The minimum Gasteiger partial charge on any atom is -0.504 e. The van der Waals surface area contributed by atoms with Crippen molar-refractivity contribution < 1.29 is 20.1 Å². The molecule has 0 heterocycles. The molecule has 0 fully saturated rings. The summed E-state index contributed by atoms with van der Waals surface area (Å²) in [4.78, 5) is 10.3. The van der Waals surface area contributed by atoms with Crippen molar-refractivity contribution in [2.45, 2.75) is 26.2 Å². The molecule has 0 aliphatic heterocycles. The third-order valence-electron chi connectivity index (χ3n) is 2.27. The van der Waals surface area contributed by atoms with E-state index in [-0.39, 0.29) is 17.9 Å². The van der Waals surface area contributed by atoms with Crippen molar-refractivity contribution in [1.82, 2.24) is 0 Å². The predicted molar refractivity (Wildman–Crippen MR) is 55.1 cm³/mol. The van der Waals surface area contributed by atoms with Gasteiger partial charge in [-0.3, -0.25) is 4.79 Å². The lowest BCUT2D eigenvalue weighted by Crippen LogP contribution is -1.96. The first kappa shape index (κ1) is 11.4. The van der Waals surface area contributed by atoms with Crippen LogP contribution in [0.25, 0.3) is 0 Å². The number of benzene rings is 1. The maximum absolute atomic E-state index is 10.3. The summed E-state index contributed by atoms with van der Waals surface area (Å²) in [5.41, 5.74) is 1.19. The second-order valence-corrected chi connectivity index (χ2v) is 3.49. The lowest BCUT2D eigenvalue weighted by atomic mass is 10.0. The van der Waals surface area contributed by atoms with E-state index in [1.165, 1.54) is 0 Å². The number of aliphatic carboxylic acids is 1. The van der Waals surface area contributed by atoms with E-state index in [1.54, 1.807) is 19.1 Å². The fourth-order valence-corrected chi connectivity index (χ4v) is 1.35. The molecule has 0 unspecified atom stereocenters. The molecule has 4 nitrogen and oxygen atoms in total. The minimum absolute atomic E-state index is 0.0636. The van der Waals surface area contributed by atoms with Gasteiger partial charge in [-0.15, -0.1) is 0 Å². The number of carboxylic acids is 1. The van der Waals surface area contributed by atoms with Gasteiger partial charge in [0.2, 0.25) is 0 Å². The third kappa shape index (κ3) is 2.87. The molecule has 1 aromatic carbocycles. The highest BCUT2D eigenvalue weighted by atomic mass is 16.4. The topological polar surface area (TPSA) is 77.8 Å². The number of aryl methyl sites for hydroxylation is 2. The summed E-state index contributed by atoms with van der Waals surface area (Å²) in [5, 5.41) is 27.4. The van der Waals surface area contributed by atoms with Crippen LogP contribution in [0.15, 0.2) is 12.1 Å². The summed E-state index contributed by atoms with van der Waals surface area (Å²) in [6.07, 6.45) is 0.964. The Morgan fingerprint density at radius 1 is 1.27 bits per heavy atom. The van der Waals surface area contributed by atoms with Gasteiger partial charge in [-0.05, 0) is 30.9 Å². The highest BCUT2D eigenvalue weighted by Gasteiger charge is 2.09. The van der Waals surface area contributed by atoms with Gasteiger partial charge in [0.25, 0.3) is 0 Å². The van der Waals surface area contributed by atoms with E-state index in [2.05, 4.69) is 0 Å². The molecular weight excluding hydrogens is 196 g/mol. The standard InChI is InChI=1S/C11H14O4/c1-7-5-6-8(11(15)10(7)14)3-2-4-9(12)13/h5-6,14-15H,2-4H2,1H3,(H,12,13). The summed E-state index contributed by atoms with van der Waals surface area (Å²) in [7, 11) is 0. The van der Waals surface area contributed by atoms with Gasteiger partial charge < -0.3 is 15.3 Å². The predicted octanol–water partition coefficient (Wildman–Crippen LogP) is 1.81. The van der Waals surface area contributed by atoms with Crippen molar-refractivity contribution >= 4 is 5.97 Å². The van der Waals surface area contributed by atoms with Crippen LogP contribution in [0.3, 0.4) is 0 Å². The van der Waals surface area contributed by atoms with E-state index in [9.17, 15) is 15.0 Å². The fourth-order valence-electron chi connectivity index (χ4n) is 1.35. The number of hydrogen-bond donors (Lipinski definition) is 3. The van der Waals surface area contributed by atoms with Crippen LogP contribution in [0.4, 0.5) is 0 Å². The van der Waals surface area contributed by atoms with E-state index >= 15 is 0 Å². The molecule has 1 rings (SSSR count). The average molecular weight is 210 g/mol. The molecule has 0 saturated carbocycles. The fraction of sp³-hybridized carbons (Fsp3) is 0.364. The molecule has 3 N–H and O–H groups in total. The Morgan fingerprint density at radius 3 is 2.53 bits per heavy atom. The Kier molecular flexibility index (Phi) is 3.55. The molecule has 0 atom stereocenters. The van der Waals surface area contributed by atoms with E-state index in [4.69, 9.17) is 5.11 Å².